The van der Waals surface area contributed by atoms with Crippen LogP contribution in [-0.2, 0) is 22.7 Å². The fourth-order valence-corrected chi connectivity index (χ4v) is 4.47. The van der Waals surface area contributed by atoms with E-state index in [-0.39, 0.29) is 11.5 Å². The second-order valence-electron chi connectivity index (χ2n) is 8.60. The summed E-state index contributed by atoms with van der Waals surface area (Å²) < 4.78 is 14.4. The van der Waals surface area contributed by atoms with Crippen LogP contribution in [0.15, 0.2) is 73.3 Å². The maximum Gasteiger partial charge on any atom is 0.165 e. The zero-order valence-electron chi connectivity index (χ0n) is 17.9. The predicted octanol–water partition coefficient (Wildman–Crippen LogP) is 4.16. The molecule has 1 fully saturated rings. The summed E-state index contributed by atoms with van der Waals surface area (Å²) in [5.74, 6) is 0.414. The molecule has 1 aliphatic rings. The Balaban J connectivity index is 1.26. The highest BCUT2D eigenvalue weighted by atomic mass is 16.5. The smallest absolute Gasteiger partial charge is 0.165 e. The van der Waals surface area contributed by atoms with E-state index in [0.29, 0.717) is 37.8 Å². The molecule has 0 amide bonds. The topological polar surface area (TPSA) is 88.1 Å². The third-order valence-electron chi connectivity index (χ3n) is 6.16. The Morgan fingerprint density at radius 2 is 1.44 bits per heavy atom. The molecular formula is C25H27N5O2. The van der Waals surface area contributed by atoms with Crippen LogP contribution in [0.5, 0.6) is 0 Å². The maximum atomic E-state index is 6.15. The molecule has 1 aliphatic carbocycles. The maximum absolute atomic E-state index is 6.15. The number of aromatic nitrogens is 4. The normalized spacial score (nSPS) is 15.6. The summed E-state index contributed by atoms with van der Waals surface area (Å²) in [6.45, 7) is 2.50. The van der Waals surface area contributed by atoms with Crippen molar-refractivity contribution in [3.05, 3.63) is 84.4 Å². The molecule has 0 atom stereocenters. The van der Waals surface area contributed by atoms with Crippen molar-refractivity contribution >= 4 is 17.0 Å². The number of hydrogen-bond donors (Lipinski definition) is 1. The van der Waals surface area contributed by atoms with Gasteiger partial charge in [-0.3, -0.25) is 0 Å². The second-order valence-corrected chi connectivity index (χ2v) is 8.60. The lowest BCUT2D eigenvalue weighted by Crippen LogP contribution is -2.45. The number of ether oxygens (including phenoxy) is 2. The number of nitrogen functional groups attached to an aromatic ring is 1. The van der Waals surface area contributed by atoms with Gasteiger partial charge in [-0.05, 0) is 24.0 Å². The third-order valence-corrected chi connectivity index (χ3v) is 6.16. The molecule has 2 N–H and O–H groups in total. The molecule has 164 valence electrons. The van der Waals surface area contributed by atoms with Crippen molar-refractivity contribution in [1.29, 1.82) is 0 Å². The van der Waals surface area contributed by atoms with E-state index in [1.165, 1.54) is 17.5 Å². The summed E-state index contributed by atoms with van der Waals surface area (Å²) in [6, 6.07) is 20.8. The summed E-state index contributed by atoms with van der Waals surface area (Å²) in [6.07, 6.45) is 5.19. The lowest BCUT2D eigenvalue weighted by molar-refractivity contribution is -0.0951. The van der Waals surface area contributed by atoms with E-state index >= 15 is 0 Å². The summed E-state index contributed by atoms with van der Waals surface area (Å²) in [4.78, 5) is 12.9. The number of rotatable bonds is 9. The van der Waals surface area contributed by atoms with Gasteiger partial charge in [-0.1, -0.05) is 60.7 Å². The minimum absolute atomic E-state index is 0.0383. The number of anilines is 1. The number of hydrogen-bond acceptors (Lipinski definition) is 6. The average Bonchev–Trinajstić information content (AvgIpc) is 3.23. The SMILES string of the molecule is Nc1ncnc2c1ncn2C1CC(COCc2ccccc2)(COCc2ccccc2)C1. The molecule has 2 aromatic heterocycles. The van der Waals surface area contributed by atoms with Gasteiger partial charge in [-0.25, -0.2) is 15.0 Å². The first-order chi connectivity index (χ1) is 15.7. The molecule has 2 heterocycles. The molecule has 1 saturated carbocycles. The number of imidazole rings is 1. The number of nitrogens with zero attached hydrogens (tertiary/aromatic N) is 4. The lowest BCUT2D eigenvalue weighted by atomic mass is 9.66. The molecule has 7 nitrogen and oxygen atoms in total. The Bertz CT molecular complexity index is 1110. The Morgan fingerprint density at radius 3 is 2.03 bits per heavy atom. The first-order valence-corrected chi connectivity index (χ1v) is 10.9. The predicted molar refractivity (Wildman–Crippen MR) is 123 cm³/mol. The van der Waals surface area contributed by atoms with Gasteiger partial charge >= 0.3 is 0 Å². The summed E-state index contributed by atoms with van der Waals surface area (Å²) >= 11 is 0. The Morgan fingerprint density at radius 1 is 0.844 bits per heavy atom. The van der Waals surface area contributed by atoms with Crippen LogP contribution < -0.4 is 5.73 Å². The van der Waals surface area contributed by atoms with Crippen LogP contribution in [0.2, 0.25) is 0 Å². The van der Waals surface area contributed by atoms with E-state index in [9.17, 15) is 0 Å². The highest BCUT2D eigenvalue weighted by Crippen LogP contribution is 2.50. The molecule has 0 radical (unpaired) electrons. The third kappa shape index (κ3) is 4.35. The van der Waals surface area contributed by atoms with Crippen LogP contribution >= 0.6 is 0 Å². The van der Waals surface area contributed by atoms with Crippen LogP contribution in [0.3, 0.4) is 0 Å². The Hall–Kier alpha value is -3.29. The highest BCUT2D eigenvalue weighted by molar-refractivity contribution is 5.81. The zero-order valence-corrected chi connectivity index (χ0v) is 17.9. The van der Waals surface area contributed by atoms with E-state index in [4.69, 9.17) is 15.2 Å². The minimum atomic E-state index is -0.0383. The largest absolute Gasteiger partial charge is 0.382 e. The summed E-state index contributed by atoms with van der Waals surface area (Å²) in [5.41, 5.74) is 9.72. The van der Waals surface area contributed by atoms with Crippen LogP contribution in [0.4, 0.5) is 5.82 Å². The van der Waals surface area contributed by atoms with Crippen molar-refractivity contribution < 1.29 is 9.47 Å². The fraction of sp³-hybridized carbons (Fsp3) is 0.320. The van der Waals surface area contributed by atoms with E-state index in [0.717, 1.165) is 18.5 Å². The minimum Gasteiger partial charge on any atom is -0.382 e. The molecule has 0 saturated heterocycles. The molecule has 32 heavy (non-hydrogen) atoms. The van der Waals surface area contributed by atoms with Crippen molar-refractivity contribution in [2.75, 3.05) is 18.9 Å². The number of fused-ring (bicyclic) bond motifs is 1. The average molecular weight is 430 g/mol. The van der Waals surface area contributed by atoms with Gasteiger partial charge in [-0.15, -0.1) is 0 Å². The van der Waals surface area contributed by atoms with Gasteiger partial charge in [0.2, 0.25) is 0 Å². The number of benzene rings is 2. The molecule has 0 unspecified atom stereocenters. The van der Waals surface area contributed by atoms with E-state index in [2.05, 4.69) is 43.8 Å². The summed E-state index contributed by atoms with van der Waals surface area (Å²) in [7, 11) is 0. The molecule has 2 aromatic carbocycles. The van der Waals surface area contributed by atoms with Crippen molar-refractivity contribution in [3.8, 4) is 0 Å². The molecule has 0 spiro atoms. The summed E-state index contributed by atoms with van der Waals surface area (Å²) in [5, 5.41) is 0. The van der Waals surface area contributed by atoms with Gasteiger partial charge < -0.3 is 19.8 Å². The zero-order chi connectivity index (χ0) is 21.8. The van der Waals surface area contributed by atoms with Gasteiger partial charge in [0.1, 0.15) is 11.8 Å². The molecule has 5 rings (SSSR count). The van der Waals surface area contributed by atoms with Crippen molar-refractivity contribution in [3.63, 3.8) is 0 Å². The first-order valence-electron chi connectivity index (χ1n) is 10.9. The number of nitrogens with two attached hydrogens (primary N) is 1. The van der Waals surface area contributed by atoms with Crippen molar-refractivity contribution in [2.45, 2.75) is 32.1 Å². The first kappa shape index (κ1) is 20.6. The van der Waals surface area contributed by atoms with E-state index in [1.807, 2.05) is 42.7 Å². The lowest BCUT2D eigenvalue weighted by Gasteiger charge is -2.47. The van der Waals surface area contributed by atoms with Crippen LogP contribution in [0, 0.1) is 5.41 Å². The quantitative estimate of drug-likeness (QED) is 0.430. The van der Waals surface area contributed by atoms with E-state index < -0.39 is 0 Å². The standard InChI is InChI=1S/C25H27N5O2/c26-23-22-24(28-17-27-23)30(18-29-22)21-11-25(12-21,15-31-13-19-7-3-1-4-8-19)16-32-14-20-9-5-2-6-10-20/h1-10,17-18,21H,11-16H2,(H2,26,27,28). The van der Waals surface area contributed by atoms with Gasteiger partial charge in [0.25, 0.3) is 0 Å². The highest BCUT2D eigenvalue weighted by Gasteiger charge is 2.46. The second kappa shape index (κ2) is 9.06. The van der Waals surface area contributed by atoms with Gasteiger partial charge in [0.05, 0.1) is 32.8 Å². The molecule has 7 heteroatoms. The van der Waals surface area contributed by atoms with Crippen molar-refractivity contribution in [1.82, 2.24) is 19.5 Å². The van der Waals surface area contributed by atoms with Crippen molar-refractivity contribution in [2.24, 2.45) is 5.41 Å². The Labute approximate surface area is 187 Å². The molecule has 4 aromatic rings. The molecular weight excluding hydrogens is 402 g/mol. The van der Waals surface area contributed by atoms with Crippen LogP contribution in [0.1, 0.15) is 30.0 Å². The fourth-order valence-electron chi connectivity index (χ4n) is 4.47. The van der Waals surface area contributed by atoms with E-state index in [1.54, 1.807) is 0 Å². The van der Waals surface area contributed by atoms with Crippen LogP contribution in [0.25, 0.3) is 11.2 Å². The molecule has 0 bridgehead atoms. The molecule has 0 aliphatic heterocycles. The van der Waals surface area contributed by atoms with Gasteiger partial charge in [0, 0.05) is 11.5 Å². The van der Waals surface area contributed by atoms with Gasteiger partial charge in [-0.2, -0.15) is 0 Å². The monoisotopic (exact) mass is 429 g/mol. The Kier molecular flexibility index (Phi) is 5.83. The van der Waals surface area contributed by atoms with Gasteiger partial charge in [0.15, 0.2) is 11.5 Å². The van der Waals surface area contributed by atoms with Crippen LogP contribution in [-0.4, -0.2) is 32.7 Å².